The van der Waals surface area contributed by atoms with E-state index in [0.29, 0.717) is 6.04 Å². The minimum atomic E-state index is 0.153. The lowest BCUT2D eigenvalue weighted by molar-refractivity contribution is 0.157. The summed E-state index contributed by atoms with van der Waals surface area (Å²) in [6, 6.07) is 11.1. The molecule has 0 saturated carbocycles. The first-order valence-electron chi connectivity index (χ1n) is 10.0. The fourth-order valence-electron chi connectivity index (χ4n) is 3.76. The number of benzene rings is 1. The lowest BCUT2D eigenvalue weighted by atomic mass is 10.0. The second-order valence-corrected chi connectivity index (χ2v) is 7.14. The number of nitrogens with one attached hydrogen (secondary N) is 2. The third-order valence-corrected chi connectivity index (χ3v) is 5.38. The van der Waals surface area contributed by atoms with Crippen LogP contribution in [0.5, 0.6) is 0 Å². The summed E-state index contributed by atoms with van der Waals surface area (Å²) >= 11 is 0. The zero-order valence-corrected chi connectivity index (χ0v) is 16.7. The molecule has 1 aliphatic heterocycles. The molecule has 0 radical (unpaired) electrons. The summed E-state index contributed by atoms with van der Waals surface area (Å²) < 4.78 is 1.88. The molecule has 2 heterocycles. The molecule has 1 saturated heterocycles. The summed E-state index contributed by atoms with van der Waals surface area (Å²) in [7, 11) is 1.83. The van der Waals surface area contributed by atoms with Crippen LogP contribution in [0.2, 0.25) is 0 Å². The minimum absolute atomic E-state index is 0.153. The predicted molar refractivity (Wildman–Crippen MR) is 111 cm³/mol. The normalized spacial score (nSPS) is 19.7. The number of aliphatic imine (C=N–C) groups is 1. The van der Waals surface area contributed by atoms with Crippen LogP contribution in [0.15, 0.2) is 47.7 Å². The van der Waals surface area contributed by atoms with E-state index < -0.39 is 0 Å². The number of guanidine groups is 1. The van der Waals surface area contributed by atoms with Gasteiger partial charge >= 0.3 is 0 Å². The van der Waals surface area contributed by atoms with E-state index in [-0.39, 0.29) is 6.04 Å². The summed E-state index contributed by atoms with van der Waals surface area (Å²) in [5, 5.41) is 11.4. The van der Waals surface area contributed by atoms with E-state index >= 15 is 0 Å². The number of aromatic nitrogens is 2. The first-order chi connectivity index (χ1) is 13.2. The standard InChI is InChI=1S/C21H32N6/c1-4-26-13-6-5-10-20(26)16-23-21(22-3)25-17(2)18-9-7-11-19(15-18)27-14-8-12-24-27/h7-9,11-12,14-15,17,20H,4-6,10,13,16H2,1-3H3,(H2,22,23,25). The van der Waals surface area contributed by atoms with Crippen LogP contribution in [-0.4, -0.2) is 53.4 Å². The van der Waals surface area contributed by atoms with E-state index in [1.54, 1.807) is 6.20 Å². The van der Waals surface area contributed by atoms with Crippen molar-refractivity contribution in [3.63, 3.8) is 0 Å². The van der Waals surface area contributed by atoms with Crippen molar-refractivity contribution in [1.82, 2.24) is 25.3 Å². The number of likely N-dealkylation sites (N-methyl/N-ethyl adjacent to an activating group) is 1. The molecule has 1 aromatic carbocycles. The van der Waals surface area contributed by atoms with Crippen LogP contribution in [0.1, 0.15) is 44.7 Å². The van der Waals surface area contributed by atoms with E-state index in [1.165, 1.54) is 31.4 Å². The van der Waals surface area contributed by atoms with Crippen LogP contribution in [0.4, 0.5) is 0 Å². The van der Waals surface area contributed by atoms with Crippen molar-refractivity contribution in [3.05, 3.63) is 48.3 Å². The maximum Gasteiger partial charge on any atom is 0.191 e. The van der Waals surface area contributed by atoms with Crippen molar-refractivity contribution in [3.8, 4) is 5.69 Å². The quantitative estimate of drug-likeness (QED) is 0.608. The van der Waals surface area contributed by atoms with Crippen LogP contribution in [0.25, 0.3) is 5.69 Å². The van der Waals surface area contributed by atoms with Gasteiger partial charge in [0.1, 0.15) is 0 Å². The Morgan fingerprint density at radius 3 is 2.96 bits per heavy atom. The molecule has 1 fully saturated rings. The molecule has 6 nitrogen and oxygen atoms in total. The zero-order valence-electron chi connectivity index (χ0n) is 16.7. The molecule has 2 N–H and O–H groups in total. The SMILES string of the molecule is CCN1CCCCC1CNC(=NC)NC(C)c1cccc(-n2cccn2)c1. The lowest BCUT2D eigenvalue weighted by Crippen LogP contribution is -2.49. The van der Waals surface area contributed by atoms with Crippen molar-refractivity contribution < 1.29 is 0 Å². The average molecular weight is 369 g/mol. The highest BCUT2D eigenvalue weighted by Crippen LogP contribution is 2.17. The van der Waals surface area contributed by atoms with E-state index in [0.717, 1.165) is 24.7 Å². The Balaban J connectivity index is 1.59. The topological polar surface area (TPSA) is 57.5 Å². The van der Waals surface area contributed by atoms with Gasteiger partial charge in [-0.2, -0.15) is 5.10 Å². The van der Waals surface area contributed by atoms with E-state index in [2.05, 4.69) is 63.7 Å². The number of nitrogens with zero attached hydrogens (tertiary/aromatic N) is 4. The smallest absolute Gasteiger partial charge is 0.191 e. The van der Waals surface area contributed by atoms with Crippen molar-refractivity contribution in [1.29, 1.82) is 0 Å². The van der Waals surface area contributed by atoms with Gasteiger partial charge in [-0.1, -0.05) is 25.5 Å². The highest BCUT2D eigenvalue weighted by Gasteiger charge is 2.21. The van der Waals surface area contributed by atoms with Gasteiger partial charge in [0, 0.05) is 32.0 Å². The molecule has 2 unspecified atom stereocenters. The highest BCUT2D eigenvalue weighted by molar-refractivity contribution is 5.80. The summed E-state index contributed by atoms with van der Waals surface area (Å²) in [6.07, 6.45) is 7.66. The number of hydrogen-bond donors (Lipinski definition) is 2. The van der Waals surface area contributed by atoms with Gasteiger partial charge in [0.15, 0.2) is 5.96 Å². The molecule has 0 bridgehead atoms. The molecule has 1 aromatic heterocycles. The first kappa shape index (κ1) is 19.4. The number of rotatable bonds is 6. The fourth-order valence-corrected chi connectivity index (χ4v) is 3.76. The largest absolute Gasteiger partial charge is 0.355 e. The van der Waals surface area contributed by atoms with Gasteiger partial charge in [-0.25, -0.2) is 4.68 Å². The highest BCUT2D eigenvalue weighted by atomic mass is 15.3. The van der Waals surface area contributed by atoms with Gasteiger partial charge in [0.25, 0.3) is 0 Å². The number of likely N-dealkylation sites (tertiary alicyclic amines) is 1. The van der Waals surface area contributed by atoms with Crippen LogP contribution in [-0.2, 0) is 0 Å². The fraction of sp³-hybridized carbons (Fsp3) is 0.524. The molecule has 27 heavy (non-hydrogen) atoms. The Morgan fingerprint density at radius 2 is 2.22 bits per heavy atom. The monoisotopic (exact) mass is 368 g/mol. The molecule has 0 spiro atoms. The number of hydrogen-bond acceptors (Lipinski definition) is 3. The summed E-state index contributed by atoms with van der Waals surface area (Å²) in [4.78, 5) is 6.99. The van der Waals surface area contributed by atoms with Crippen LogP contribution < -0.4 is 10.6 Å². The summed E-state index contributed by atoms with van der Waals surface area (Å²) in [5.41, 5.74) is 2.27. The Morgan fingerprint density at radius 1 is 1.33 bits per heavy atom. The van der Waals surface area contributed by atoms with Gasteiger partial charge in [0.05, 0.1) is 11.7 Å². The molecule has 0 aliphatic carbocycles. The Bertz CT molecular complexity index is 724. The van der Waals surface area contributed by atoms with Crippen molar-refractivity contribution in [2.24, 2.45) is 4.99 Å². The molecule has 0 amide bonds. The molecule has 146 valence electrons. The third kappa shape index (κ3) is 5.10. The third-order valence-electron chi connectivity index (χ3n) is 5.38. The van der Waals surface area contributed by atoms with Gasteiger partial charge < -0.3 is 10.6 Å². The second kappa shape index (κ2) is 9.55. The van der Waals surface area contributed by atoms with Crippen molar-refractivity contribution >= 4 is 5.96 Å². The van der Waals surface area contributed by atoms with Crippen molar-refractivity contribution in [2.45, 2.75) is 45.2 Å². The van der Waals surface area contributed by atoms with Crippen LogP contribution in [0.3, 0.4) is 0 Å². The van der Waals surface area contributed by atoms with Gasteiger partial charge in [0.2, 0.25) is 0 Å². The Labute approximate surface area is 162 Å². The van der Waals surface area contributed by atoms with Crippen LogP contribution >= 0.6 is 0 Å². The molecule has 2 atom stereocenters. The van der Waals surface area contributed by atoms with E-state index in [1.807, 2.05) is 24.0 Å². The lowest BCUT2D eigenvalue weighted by Gasteiger charge is -2.35. The average Bonchev–Trinajstić information content (AvgIpc) is 3.26. The van der Waals surface area contributed by atoms with Gasteiger partial charge in [-0.15, -0.1) is 0 Å². The molecule has 6 heteroatoms. The zero-order chi connectivity index (χ0) is 19.1. The second-order valence-electron chi connectivity index (χ2n) is 7.14. The molecular weight excluding hydrogens is 336 g/mol. The van der Waals surface area contributed by atoms with Crippen LogP contribution in [0, 0.1) is 0 Å². The predicted octanol–water partition coefficient (Wildman–Crippen LogP) is 2.97. The first-order valence-corrected chi connectivity index (χ1v) is 10.0. The summed E-state index contributed by atoms with van der Waals surface area (Å²) in [6.45, 7) is 7.68. The van der Waals surface area contributed by atoms with Gasteiger partial charge in [-0.05, 0) is 56.6 Å². The Kier molecular flexibility index (Phi) is 6.87. The van der Waals surface area contributed by atoms with Crippen molar-refractivity contribution in [2.75, 3.05) is 26.7 Å². The summed E-state index contributed by atoms with van der Waals surface area (Å²) in [5.74, 6) is 0.855. The molecule has 3 rings (SSSR count). The van der Waals surface area contributed by atoms with E-state index in [4.69, 9.17) is 0 Å². The maximum atomic E-state index is 4.42. The Hall–Kier alpha value is -2.34. The van der Waals surface area contributed by atoms with E-state index in [9.17, 15) is 0 Å². The van der Waals surface area contributed by atoms with Gasteiger partial charge in [-0.3, -0.25) is 9.89 Å². The maximum absolute atomic E-state index is 4.42. The molecule has 2 aromatic rings. The molecular formula is C21H32N6. The minimum Gasteiger partial charge on any atom is -0.355 e. The molecule has 1 aliphatic rings. The number of piperidine rings is 1.